The van der Waals surface area contributed by atoms with Crippen LogP contribution in [0.2, 0.25) is 0 Å². The molecule has 10 amide bonds. The van der Waals surface area contributed by atoms with Crippen molar-refractivity contribution in [2.45, 2.75) is 127 Å². The predicted molar refractivity (Wildman–Crippen MR) is 244 cm³/mol. The molecule has 0 aliphatic carbocycles. The van der Waals surface area contributed by atoms with Gasteiger partial charge in [0.05, 0.1) is 29.6 Å². The van der Waals surface area contributed by atoms with Gasteiger partial charge < -0.3 is 73.2 Å². The molecule has 0 spiro atoms. The van der Waals surface area contributed by atoms with Gasteiger partial charge in [-0.3, -0.25) is 47.9 Å². The second kappa shape index (κ2) is 25.8. The molecule has 1 aromatic rings. The number of rotatable bonds is 12. The Bertz CT molecular complexity index is 2110. The number of hydrogen-bond donors (Lipinski definition) is 11. The highest BCUT2D eigenvalue weighted by molar-refractivity contribution is 9.10. The van der Waals surface area contributed by atoms with Crippen molar-refractivity contribution < 1.29 is 68.0 Å². The first-order valence-corrected chi connectivity index (χ1v) is 22.7. The first-order chi connectivity index (χ1) is 31.9. The van der Waals surface area contributed by atoms with Gasteiger partial charge in [0.25, 0.3) is 11.8 Å². The molecule has 2 fully saturated rings. The van der Waals surface area contributed by atoms with Crippen LogP contribution >= 0.6 is 15.9 Å². The van der Waals surface area contributed by atoms with E-state index < -0.39 is 132 Å². The quantitative estimate of drug-likeness (QED) is 0.0908. The van der Waals surface area contributed by atoms with Gasteiger partial charge in [-0.25, -0.2) is 0 Å². The van der Waals surface area contributed by atoms with Gasteiger partial charge in [0.1, 0.15) is 41.7 Å². The molecule has 2 saturated heterocycles. The number of amides is 10. The highest BCUT2D eigenvalue weighted by Crippen LogP contribution is 2.26. The number of allylic oxidation sites excluding steroid dienone is 1. The molecule has 3 rings (SSSR count). The number of methoxy groups -OCH3 is 1. The minimum absolute atomic E-state index is 0.0211. The summed E-state index contributed by atoms with van der Waals surface area (Å²) in [6.07, 6.45) is -4.17. The van der Waals surface area contributed by atoms with Crippen LogP contribution in [0.15, 0.2) is 34.4 Å². The van der Waals surface area contributed by atoms with E-state index in [1.807, 2.05) is 13.8 Å². The first kappa shape index (κ1) is 56.1. The molecule has 25 heteroatoms. The summed E-state index contributed by atoms with van der Waals surface area (Å²) in [5, 5.41) is 46.7. The van der Waals surface area contributed by atoms with Crippen LogP contribution in [0.1, 0.15) is 71.8 Å². The first-order valence-electron chi connectivity index (χ1n) is 21.9. The normalized spacial score (nSPS) is 26.4. The van der Waals surface area contributed by atoms with E-state index in [1.165, 1.54) is 39.2 Å². The number of nitrogens with two attached hydrogens (primary N) is 2. The number of aliphatic hydroxyl groups is 2. The molecule has 24 nitrogen and oxygen atoms in total. The van der Waals surface area contributed by atoms with E-state index in [0.29, 0.717) is 18.4 Å². The summed E-state index contributed by atoms with van der Waals surface area (Å²) in [4.78, 5) is 138. The van der Waals surface area contributed by atoms with Crippen molar-refractivity contribution in [3.05, 3.63) is 40.0 Å². The summed E-state index contributed by atoms with van der Waals surface area (Å²) in [6.45, 7) is 5.64. The van der Waals surface area contributed by atoms with Gasteiger partial charge in [0.2, 0.25) is 47.3 Å². The maximum atomic E-state index is 14.3. The number of primary amides is 2. The number of hydrogen-bond acceptors (Lipinski definition) is 14. The SMILES string of the molecule is CC=C1NC(=O)C(O)C(CCC(C)CC)NC(=O)C(CC(N)=O)NC(=O)C(Cc2ccc(O)c(Br)c2)NC(=O)C2CCCN2C(=O)C(C(C)OC)NC(=O)C(C(O)C(N)=O)NC(=O)CN(C)C1=O. The Morgan fingerprint density at radius 1 is 0.926 bits per heavy atom. The third-order valence-corrected chi connectivity index (χ3v) is 12.4. The van der Waals surface area contributed by atoms with Crippen molar-refractivity contribution in [3.63, 3.8) is 0 Å². The highest BCUT2D eigenvalue weighted by Gasteiger charge is 2.43. The Hall–Kier alpha value is -6.18. The highest BCUT2D eigenvalue weighted by atomic mass is 79.9. The molecule has 13 N–H and O–H groups in total. The molecule has 10 unspecified atom stereocenters. The number of fused-ring (bicyclic) bond motifs is 1. The molecular formula is C43H63BrN10O14. The van der Waals surface area contributed by atoms with Gasteiger partial charge in [-0.2, -0.15) is 0 Å². The molecule has 10 atom stereocenters. The number of benzene rings is 1. The summed E-state index contributed by atoms with van der Waals surface area (Å²) >= 11 is 3.22. The van der Waals surface area contributed by atoms with Crippen molar-refractivity contribution in [2.24, 2.45) is 17.4 Å². The van der Waals surface area contributed by atoms with Gasteiger partial charge in [0.15, 0.2) is 12.2 Å². The fourth-order valence-electron chi connectivity index (χ4n) is 7.38. The van der Waals surface area contributed by atoms with Crippen LogP contribution in [0.4, 0.5) is 0 Å². The molecule has 2 heterocycles. The predicted octanol–water partition coefficient (Wildman–Crippen LogP) is -3.45. The summed E-state index contributed by atoms with van der Waals surface area (Å²) in [6, 6.07) is -5.51. The molecule has 0 bridgehead atoms. The molecule has 0 aromatic heterocycles. The second-order valence-corrected chi connectivity index (χ2v) is 17.6. The van der Waals surface area contributed by atoms with Crippen molar-refractivity contribution in [2.75, 3.05) is 27.2 Å². The Labute approximate surface area is 401 Å². The minimum atomic E-state index is -2.37. The van der Waals surface area contributed by atoms with Gasteiger partial charge in [-0.1, -0.05) is 32.4 Å². The maximum Gasteiger partial charge on any atom is 0.270 e. The summed E-state index contributed by atoms with van der Waals surface area (Å²) in [7, 11) is 2.34. The van der Waals surface area contributed by atoms with E-state index in [1.54, 1.807) is 0 Å². The zero-order valence-electron chi connectivity index (χ0n) is 38.7. The second-order valence-electron chi connectivity index (χ2n) is 16.8. The number of phenolic OH excluding ortho intramolecular Hbond substituents is 1. The molecule has 2 aliphatic heterocycles. The zero-order valence-corrected chi connectivity index (χ0v) is 40.3. The number of aliphatic hydroxyl groups excluding tert-OH is 2. The molecular weight excluding hydrogens is 960 g/mol. The minimum Gasteiger partial charge on any atom is -0.507 e. The number of likely N-dealkylation sites (N-methyl/N-ethyl adjacent to an activating group) is 1. The third kappa shape index (κ3) is 15.4. The maximum absolute atomic E-state index is 14.3. The topological polar surface area (TPSA) is 371 Å². The van der Waals surface area contributed by atoms with Crippen LogP contribution in [-0.2, 0) is 59.1 Å². The lowest BCUT2D eigenvalue weighted by Crippen LogP contribution is -2.64. The van der Waals surface area contributed by atoms with E-state index in [0.717, 1.165) is 22.9 Å². The summed E-state index contributed by atoms with van der Waals surface area (Å²) in [5.74, 6) is -11.0. The van der Waals surface area contributed by atoms with Crippen LogP contribution in [0.5, 0.6) is 5.75 Å². The average molecular weight is 1020 g/mol. The van der Waals surface area contributed by atoms with E-state index >= 15 is 0 Å². The number of carbonyl (C=O) groups is 10. The standard InChI is InChI=1S/C43H63BrN10O14/c1-7-20(3)11-13-25-34(58)41(65)47-24(8-2)42(66)53(5)19-31(57)51-33(35(59)36(46)60)40(64)52-32(21(4)68-6)43(67)54-15-9-10-28(54)39(63)50-26(17-22-12-14-29(55)23(44)16-22)37(61)49-27(18-30(45)56)38(62)48-25/h8,12,14,16,20-21,25-28,32-35,55,58-59H,7,9-11,13,15,17-19H2,1-6H3,(H2,45,56)(H2,46,60)(H,47,65)(H,48,62)(H,49,61)(H,50,63)(H,51,57)(H,52,64). The van der Waals surface area contributed by atoms with Crippen LogP contribution in [0, 0.1) is 5.92 Å². The Balaban J connectivity index is 2.21. The lowest BCUT2D eigenvalue weighted by molar-refractivity contribution is -0.146. The number of carbonyl (C=O) groups excluding carboxylic acids is 10. The van der Waals surface area contributed by atoms with E-state index in [4.69, 9.17) is 16.2 Å². The molecule has 68 heavy (non-hydrogen) atoms. The fraction of sp³-hybridized carbons (Fsp3) is 0.581. The van der Waals surface area contributed by atoms with Crippen LogP contribution in [0.25, 0.3) is 0 Å². The summed E-state index contributed by atoms with van der Waals surface area (Å²) < 4.78 is 5.61. The average Bonchev–Trinajstić information content (AvgIpc) is 3.79. The number of aromatic hydroxyl groups is 1. The van der Waals surface area contributed by atoms with E-state index in [9.17, 15) is 63.3 Å². The van der Waals surface area contributed by atoms with Crippen LogP contribution in [-0.4, -0.2) is 166 Å². The fourth-order valence-corrected chi connectivity index (χ4v) is 7.80. The van der Waals surface area contributed by atoms with Gasteiger partial charge >= 0.3 is 0 Å². The Kier molecular flexibility index (Phi) is 21.3. The largest absolute Gasteiger partial charge is 0.507 e. The van der Waals surface area contributed by atoms with Crippen LogP contribution in [0.3, 0.4) is 0 Å². The molecule has 1 aromatic carbocycles. The number of phenols is 1. The van der Waals surface area contributed by atoms with Crippen molar-refractivity contribution in [3.8, 4) is 5.75 Å². The van der Waals surface area contributed by atoms with E-state index in [2.05, 4.69) is 47.8 Å². The van der Waals surface area contributed by atoms with Crippen molar-refractivity contribution in [1.29, 1.82) is 0 Å². The zero-order chi connectivity index (χ0) is 51.2. The molecule has 0 saturated carbocycles. The van der Waals surface area contributed by atoms with E-state index in [-0.39, 0.29) is 48.4 Å². The van der Waals surface area contributed by atoms with Crippen molar-refractivity contribution in [1.82, 2.24) is 41.7 Å². The summed E-state index contributed by atoms with van der Waals surface area (Å²) in [5.41, 5.74) is 10.8. The Morgan fingerprint density at radius 3 is 2.16 bits per heavy atom. The monoisotopic (exact) mass is 1020 g/mol. The Morgan fingerprint density at radius 2 is 1.57 bits per heavy atom. The smallest absolute Gasteiger partial charge is 0.270 e. The lowest BCUT2D eigenvalue weighted by Gasteiger charge is -2.33. The lowest BCUT2D eigenvalue weighted by atomic mass is 9.95. The molecule has 376 valence electrons. The number of nitrogens with zero attached hydrogens (tertiary/aromatic N) is 2. The molecule has 2 aliphatic rings. The number of ether oxygens (including phenoxy) is 1. The van der Waals surface area contributed by atoms with Crippen molar-refractivity contribution >= 4 is 75.0 Å². The van der Waals surface area contributed by atoms with Crippen LogP contribution < -0.4 is 43.4 Å². The van der Waals surface area contributed by atoms with Gasteiger partial charge in [0, 0.05) is 27.1 Å². The van der Waals surface area contributed by atoms with Gasteiger partial charge in [-0.05, 0) is 79.1 Å². The number of halogens is 1. The number of nitrogens with one attached hydrogen (secondary N) is 6. The van der Waals surface area contributed by atoms with Gasteiger partial charge in [-0.15, -0.1) is 0 Å². The third-order valence-electron chi connectivity index (χ3n) is 11.7. The molecule has 0 radical (unpaired) electrons.